The number of rotatable bonds is 4. The van der Waals surface area contributed by atoms with Crippen LogP contribution in [0.2, 0.25) is 0 Å². The Morgan fingerprint density at radius 2 is 1.57 bits per heavy atom. The molecular formula is C19H22O2. The van der Waals surface area contributed by atoms with Gasteiger partial charge in [0.25, 0.3) is 0 Å². The third kappa shape index (κ3) is 3.94. The van der Waals surface area contributed by atoms with E-state index in [1.165, 1.54) is 5.56 Å². The Labute approximate surface area is 126 Å². The smallest absolute Gasteiger partial charge is 0.338 e. The molecule has 0 radical (unpaired) electrons. The fourth-order valence-corrected chi connectivity index (χ4v) is 2.17. The second-order valence-electron chi connectivity index (χ2n) is 5.81. The molecule has 0 atom stereocenters. The van der Waals surface area contributed by atoms with Crippen LogP contribution in [-0.4, -0.2) is 12.1 Å². The molecule has 2 nitrogen and oxygen atoms in total. The number of esters is 1. The lowest BCUT2D eigenvalue weighted by atomic mass is 9.98. The zero-order chi connectivity index (χ0) is 15.4. The van der Waals surface area contributed by atoms with Crippen LogP contribution in [0.4, 0.5) is 0 Å². The van der Waals surface area contributed by atoms with Crippen LogP contribution >= 0.6 is 0 Å². The van der Waals surface area contributed by atoms with E-state index in [0.717, 1.165) is 11.1 Å². The van der Waals surface area contributed by atoms with Gasteiger partial charge in [-0.25, -0.2) is 4.79 Å². The van der Waals surface area contributed by atoms with E-state index in [1.54, 1.807) is 6.07 Å². The molecule has 2 aromatic rings. The normalized spacial score (nSPS) is 11.0. The van der Waals surface area contributed by atoms with Crippen LogP contribution in [0.25, 0.3) is 11.1 Å². The Bertz CT molecular complexity index is 610. The highest BCUT2D eigenvalue weighted by Gasteiger charge is 2.10. The predicted octanol–water partition coefficient (Wildman–Crippen LogP) is 5.04. The second kappa shape index (κ2) is 6.57. The molecule has 0 bridgehead atoms. The van der Waals surface area contributed by atoms with Gasteiger partial charge < -0.3 is 4.74 Å². The summed E-state index contributed by atoms with van der Waals surface area (Å²) < 4.78 is 5.24. The first-order valence-electron chi connectivity index (χ1n) is 7.38. The molecule has 0 aliphatic carbocycles. The summed E-state index contributed by atoms with van der Waals surface area (Å²) in [5.74, 6) is 0.247. The van der Waals surface area contributed by atoms with Gasteiger partial charge in [0.1, 0.15) is 0 Å². The van der Waals surface area contributed by atoms with Crippen molar-refractivity contribution in [1.82, 2.24) is 0 Å². The highest BCUT2D eigenvalue weighted by Crippen LogP contribution is 2.23. The van der Waals surface area contributed by atoms with E-state index in [9.17, 15) is 4.79 Å². The predicted molar refractivity (Wildman–Crippen MR) is 86.5 cm³/mol. The van der Waals surface area contributed by atoms with Gasteiger partial charge in [-0.2, -0.15) is 0 Å². The summed E-state index contributed by atoms with van der Waals surface area (Å²) in [7, 11) is 0. The van der Waals surface area contributed by atoms with E-state index in [0.29, 0.717) is 11.5 Å². The molecule has 2 heteroatoms. The van der Waals surface area contributed by atoms with Gasteiger partial charge in [-0.1, -0.05) is 50.2 Å². The van der Waals surface area contributed by atoms with Gasteiger partial charge in [-0.15, -0.1) is 0 Å². The topological polar surface area (TPSA) is 26.3 Å². The summed E-state index contributed by atoms with van der Waals surface area (Å²) in [5.41, 5.74) is 4.05. The van der Waals surface area contributed by atoms with Crippen LogP contribution in [0.5, 0.6) is 0 Å². The first-order valence-corrected chi connectivity index (χ1v) is 7.38. The maximum absolute atomic E-state index is 12.0. The van der Waals surface area contributed by atoms with Gasteiger partial charge in [-0.05, 0) is 48.6 Å². The number of hydrogen-bond donors (Lipinski definition) is 0. The highest BCUT2D eigenvalue weighted by atomic mass is 16.5. The van der Waals surface area contributed by atoms with Crippen LogP contribution in [-0.2, 0) is 4.74 Å². The molecule has 0 fully saturated rings. The van der Waals surface area contributed by atoms with E-state index in [1.807, 2.05) is 32.0 Å². The van der Waals surface area contributed by atoms with Crippen LogP contribution in [0, 0.1) is 0 Å². The SMILES string of the molecule is CC(C)OC(=O)c1cccc(-c2ccc(C(C)C)cc2)c1. The maximum Gasteiger partial charge on any atom is 0.338 e. The molecule has 0 saturated carbocycles. The number of carbonyl (C=O) groups excluding carboxylic acids is 1. The van der Waals surface area contributed by atoms with Gasteiger partial charge in [0, 0.05) is 0 Å². The van der Waals surface area contributed by atoms with Gasteiger partial charge in [-0.3, -0.25) is 0 Å². The van der Waals surface area contributed by atoms with Crippen molar-refractivity contribution in [1.29, 1.82) is 0 Å². The van der Waals surface area contributed by atoms with Crippen molar-refractivity contribution in [3.05, 3.63) is 59.7 Å². The Hall–Kier alpha value is -2.09. The van der Waals surface area contributed by atoms with E-state index in [-0.39, 0.29) is 12.1 Å². The highest BCUT2D eigenvalue weighted by molar-refractivity contribution is 5.91. The molecule has 0 aromatic heterocycles. The van der Waals surface area contributed by atoms with Crippen molar-refractivity contribution in [3.63, 3.8) is 0 Å². The van der Waals surface area contributed by atoms with Crippen molar-refractivity contribution in [2.75, 3.05) is 0 Å². The van der Waals surface area contributed by atoms with Crippen molar-refractivity contribution < 1.29 is 9.53 Å². The lowest BCUT2D eigenvalue weighted by molar-refractivity contribution is 0.0378. The Balaban J connectivity index is 2.26. The minimum absolute atomic E-state index is 0.105. The quantitative estimate of drug-likeness (QED) is 0.734. The van der Waals surface area contributed by atoms with Crippen molar-refractivity contribution in [2.45, 2.75) is 39.7 Å². The zero-order valence-corrected chi connectivity index (χ0v) is 13.1. The maximum atomic E-state index is 12.0. The molecule has 0 unspecified atom stereocenters. The molecule has 0 amide bonds. The van der Waals surface area contributed by atoms with Gasteiger partial charge >= 0.3 is 5.97 Å². The largest absolute Gasteiger partial charge is 0.459 e. The van der Waals surface area contributed by atoms with Crippen molar-refractivity contribution in [3.8, 4) is 11.1 Å². The second-order valence-corrected chi connectivity index (χ2v) is 5.81. The molecule has 2 aromatic carbocycles. The summed E-state index contributed by atoms with van der Waals surface area (Å²) >= 11 is 0. The van der Waals surface area contributed by atoms with Crippen molar-refractivity contribution in [2.24, 2.45) is 0 Å². The van der Waals surface area contributed by atoms with E-state index >= 15 is 0 Å². The Morgan fingerprint density at radius 3 is 2.14 bits per heavy atom. The Kier molecular flexibility index (Phi) is 4.79. The van der Waals surface area contributed by atoms with Crippen LogP contribution in [0.15, 0.2) is 48.5 Å². The van der Waals surface area contributed by atoms with E-state index < -0.39 is 0 Å². The fraction of sp³-hybridized carbons (Fsp3) is 0.316. The molecule has 2 rings (SSSR count). The molecule has 21 heavy (non-hydrogen) atoms. The minimum Gasteiger partial charge on any atom is -0.459 e. The van der Waals surface area contributed by atoms with Gasteiger partial charge in [0.2, 0.25) is 0 Å². The average Bonchev–Trinajstić information content (AvgIpc) is 2.47. The zero-order valence-electron chi connectivity index (χ0n) is 13.1. The number of benzene rings is 2. The number of ether oxygens (including phenoxy) is 1. The van der Waals surface area contributed by atoms with Crippen molar-refractivity contribution >= 4 is 5.97 Å². The first kappa shape index (κ1) is 15.3. The monoisotopic (exact) mass is 282 g/mol. The van der Waals surface area contributed by atoms with Crippen LogP contribution in [0.3, 0.4) is 0 Å². The van der Waals surface area contributed by atoms with Crippen LogP contribution < -0.4 is 0 Å². The van der Waals surface area contributed by atoms with E-state index in [4.69, 9.17) is 4.74 Å². The summed E-state index contributed by atoms with van der Waals surface area (Å²) in [5, 5.41) is 0. The standard InChI is InChI=1S/C19H22O2/c1-13(2)15-8-10-16(11-9-15)17-6-5-7-18(12-17)19(20)21-14(3)4/h5-14H,1-4H3. The number of carbonyl (C=O) groups is 1. The molecule has 0 saturated heterocycles. The minimum atomic E-state index is -0.273. The van der Waals surface area contributed by atoms with E-state index in [2.05, 4.69) is 38.1 Å². The Morgan fingerprint density at radius 1 is 0.905 bits per heavy atom. The van der Waals surface area contributed by atoms with Gasteiger partial charge in [0.05, 0.1) is 11.7 Å². The molecule has 0 aliphatic heterocycles. The average molecular weight is 282 g/mol. The third-order valence-corrected chi connectivity index (χ3v) is 3.35. The number of hydrogen-bond acceptors (Lipinski definition) is 2. The van der Waals surface area contributed by atoms with Gasteiger partial charge in [0.15, 0.2) is 0 Å². The third-order valence-electron chi connectivity index (χ3n) is 3.35. The lowest BCUT2D eigenvalue weighted by Crippen LogP contribution is -2.11. The lowest BCUT2D eigenvalue weighted by Gasteiger charge is -2.10. The summed E-state index contributed by atoms with van der Waals surface area (Å²) in [6, 6.07) is 16.0. The molecule has 0 spiro atoms. The molecular weight excluding hydrogens is 260 g/mol. The summed E-state index contributed by atoms with van der Waals surface area (Å²) in [4.78, 5) is 12.0. The fourth-order valence-electron chi connectivity index (χ4n) is 2.17. The molecule has 110 valence electrons. The molecule has 0 aliphatic rings. The summed E-state index contributed by atoms with van der Waals surface area (Å²) in [6.07, 6.45) is -0.105. The molecule has 0 heterocycles. The van der Waals surface area contributed by atoms with Crippen LogP contribution in [0.1, 0.15) is 49.5 Å². The summed E-state index contributed by atoms with van der Waals surface area (Å²) in [6.45, 7) is 8.06. The first-order chi connectivity index (χ1) is 9.97. The molecule has 0 N–H and O–H groups in total.